The molecule has 1 fully saturated rings. The number of piperidine rings is 1. The Hall–Kier alpha value is -2.47. The number of amides is 1. The first kappa shape index (κ1) is 20.3. The van der Waals surface area contributed by atoms with E-state index in [0.717, 1.165) is 44.0 Å². The zero-order valence-electron chi connectivity index (χ0n) is 16.0. The molecule has 0 saturated carbocycles. The summed E-state index contributed by atoms with van der Waals surface area (Å²) in [5.74, 6) is -2.39. The highest BCUT2D eigenvalue weighted by Gasteiger charge is 2.28. The highest BCUT2D eigenvalue weighted by molar-refractivity contribution is 5.82. The first-order chi connectivity index (χ1) is 13.5. The van der Waals surface area contributed by atoms with Gasteiger partial charge < -0.3 is 10.0 Å². The summed E-state index contributed by atoms with van der Waals surface area (Å²) in [4.78, 5) is 15.0. The zero-order valence-corrected chi connectivity index (χ0v) is 16.0. The molecule has 1 saturated heterocycles. The minimum atomic E-state index is -1.01. The van der Waals surface area contributed by atoms with Crippen molar-refractivity contribution in [3.63, 3.8) is 0 Å². The van der Waals surface area contributed by atoms with Gasteiger partial charge in [0, 0.05) is 30.8 Å². The molecule has 2 N–H and O–H groups in total. The molecule has 2 aromatic rings. The summed E-state index contributed by atoms with van der Waals surface area (Å²) in [5.41, 5.74) is 1.09. The Balaban J connectivity index is 1.82. The van der Waals surface area contributed by atoms with E-state index in [2.05, 4.69) is 5.32 Å². The van der Waals surface area contributed by atoms with Crippen molar-refractivity contribution < 1.29 is 18.7 Å². The molecule has 6 heteroatoms. The molecule has 0 aliphatic carbocycles. The predicted octanol–water partition coefficient (Wildman–Crippen LogP) is 3.94. The molecule has 150 valence electrons. The van der Waals surface area contributed by atoms with E-state index in [1.54, 1.807) is 6.92 Å². The second kappa shape index (κ2) is 9.15. The van der Waals surface area contributed by atoms with Crippen LogP contribution in [0.1, 0.15) is 43.4 Å². The Labute approximate surface area is 164 Å². The number of nitrogens with one attached hydrogen (secondary N) is 1. The maximum Gasteiger partial charge on any atom is 0.240 e. The molecule has 0 aromatic heterocycles. The second-order valence-corrected chi connectivity index (χ2v) is 7.34. The fraction of sp³-hybridized carbons (Fsp3) is 0.409. The van der Waals surface area contributed by atoms with Crippen molar-refractivity contribution in [2.45, 2.75) is 44.7 Å². The summed E-state index contributed by atoms with van der Waals surface area (Å²) in [6.07, 6.45) is 3.54. The number of benzene rings is 2. The van der Waals surface area contributed by atoms with Gasteiger partial charge in [0.2, 0.25) is 5.91 Å². The number of hydrogen-bond donors (Lipinski definition) is 2. The van der Waals surface area contributed by atoms with Crippen LogP contribution in [0.4, 0.5) is 8.78 Å². The minimum Gasteiger partial charge on any atom is -0.505 e. The quantitative estimate of drug-likeness (QED) is 0.788. The van der Waals surface area contributed by atoms with Crippen molar-refractivity contribution in [2.75, 3.05) is 13.1 Å². The number of phenolic OH excluding ortho intramolecular Hbond substituents is 1. The Bertz CT molecular complexity index is 808. The fourth-order valence-corrected chi connectivity index (χ4v) is 3.71. The molecule has 0 spiro atoms. The molecule has 3 rings (SSSR count). The zero-order chi connectivity index (χ0) is 20.1. The van der Waals surface area contributed by atoms with Crippen molar-refractivity contribution in [2.24, 2.45) is 0 Å². The summed E-state index contributed by atoms with van der Waals surface area (Å²) in [6.45, 7) is 3.13. The van der Waals surface area contributed by atoms with E-state index in [-0.39, 0.29) is 11.5 Å². The summed E-state index contributed by atoms with van der Waals surface area (Å²) in [6, 6.07) is 10.2. The SMILES string of the molecule is CC(NC(Cc1ccccc1)C(=O)N1CCCCC1)c1cc(F)cc(F)c1O. The van der Waals surface area contributed by atoms with E-state index < -0.39 is 29.5 Å². The molecule has 28 heavy (non-hydrogen) atoms. The Morgan fingerprint density at radius 2 is 1.82 bits per heavy atom. The van der Waals surface area contributed by atoms with Gasteiger partial charge >= 0.3 is 0 Å². The van der Waals surface area contributed by atoms with E-state index in [1.165, 1.54) is 0 Å². The summed E-state index contributed by atoms with van der Waals surface area (Å²) in [7, 11) is 0. The summed E-state index contributed by atoms with van der Waals surface area (Å²) in [5, 5.41) is 13.2. The van der Waals surface area contributed by atoms with E-state index in [9.17, 15) is 18.7 Å². The molecular weight excluding hydrogens is 362 g/mol. The number of likely N-dealkylation sites (tertiary alicyclic amines) is 1. The van der Waals surface area contributed by atoms with Crippen molar-refractivity contribution >= 4 is 5.91 Å². The standard InChI is InChI=1S/C22H26F2N2O2/c1-15(18-13-17(23)14-19(24)21(18)27)25-20(12-16-8-4-2-5-9-16)22(28)26-10-6-3-7-11-26/h2,4-5,8-9,13-15,20,25,27H,3,6-7,10-12H2,1H3. The predicted molar refractivity (Wildman–Crippen MR) is 104 cm³/mol. The lowest BCUT2D eigenvalue weighted by Crippen LogP contribution is -2.49. The average Bonchev–Trinajstić information content (AvgIpc) is 2.71. The average molecular weight is 388 g/mol. The number of halogens is 2. The van der Waals surface area contributed by atoms with Gasteiger partial charge in [-0.15, -0.1) is 0 Å². The molecule has 2 atom stereocenters. The first-order valence-corrected chi connectivity index (χ1v) is 9.72. The molecule has 4 nitrogen and oxygen atoms in total. The highest BCUT2D eigenvalue weighted by Crippen LogP contribution is 2.29. The number of rotatable bonds is 6. The number of phenols is 1. The third kappa shape index (κ3) is 4.87. The molecule has 2 aromatic carbocycles. The largest absolute Gasteiger partial charge is 0.505 e. The molecular formula is C22H26F2N2O2. The van der Waals surface area contributed by atoms with Gasteiger partial charge in [0.25, 0.3) is 0 Å². The van der Waals surface area contributed by atoms with Crippen molar-refractivity contribution in [1.29, 1.82) is 0 Å². The molecule has 1 aliphatic heterocycles. The smallest absolute Gasteiger partial charge is 0.240 e. The Morgan fingerprint density at radius 1 is 1.14 bits per heavy atom. The van der Waals surface area contributed by atoms with Gasteiger partial charge in [-0.3, -0.25) is 10.1 Å². The fourth-order valence-electron chi connectivity index (χ4n) is 3.71. The number of carbonyl (C=O) groups is 1. The van der Waals surface area contributed by atoms with Crippen LogP contribution in [0.2, 0.25) is 0 Å². The third-order valence-electron chi connectivity index (χ3n) is 5.22. The van der Waals surface area contributed by atoms with Crippen LogP contribution in [-0.4, -0.2) is 35.0 Å². The normalized spacial score (nSPS) is 16.6. The van der Waals surface area contributed by atoms with Gasteiger partial charge in [0.05, 0.1) is 6.04 Å². The van der Waals surface area contributed by atoms with Gasteiger partial charge in [-0.05, 0) is 44.2 Å². The Morgan fingerprint density at radius 3 is 2.50 bits per heavy atom. The van der Waals surface area contributed by atoms with Gasteiger partial charge in [-0.1, -0.05) is 30.3 Å². The van der Waals surface area contributed by atoms with Crippen molar-refractivity contribution in [3.8, 4) is 5.75 Å². The van der Waals surface area contributed by atoms with Gasteiger partial charge in [-0.2, -0.15) is 0 Å². The van der Waals surface area contributed by atoms with Crippen molar-refractivity contribution in [3.05, 3.63) is 65.2 Å². The number of nitrogens with zero attached hydrogens (tertiary/aromatic N) is 1. The lowest BCUT2D eigenvalue weighted by atomic mass is 10.00. The number of carbonyl (C=O) groups excluding carboxylic acids is 1. The van der Waals surface area contributed by atoms with E-state index >= 15 is 0 Å². The number of aromatic hydroxyl groups is 1. The molecule has 0 bridgehead atoms. The molecule has 1 amide bonds. The van der Waals surface area contributed by atoms with Crippen LogP contribution < -0.4 is 5.32 Å². The monoisotopic (exact) mass is 388 g/mol. The van der Waals surface area contributed by atoms with Gasteiger partial charge in [0.1, 0.15) is 5.82 Å². The van der Waals surface area contributed by atoms with E-state index in [1.807, 2.05) is 35.2 Å². The van der Waals surface area contributed by atoms with Crippen molar-refractivity contribution in [1.82, 2.24) is 10.2 Å². The number of hydrogen-bond acceptors (Lipinski definition) is 3. The van der Waals surface area contributed by atoms with E-state index in [4.69, 9.17) is 0 Å². The summed E-state index contributed by atoms with van der Waals surface area (Å²) < 4.78 is 27.4. The topological polar surface area (TPSA) is 52.6 Å². The van der Waals surface area contributed by atoms with Crippen LogP contribution in [0.5, 0.6) is 5.75 Å². The van der Waals surface area contributed by atoms with Crippen LogP contribution in [0.25, 0.3) is 0 Å². The molecule has 1 aliphatic rings. The third-order valence-corrected chi connectivity index (χ3v) is 5.22. The van der Waals surface area contributed by atoms with E-state index in [0.29, 0.717) is 12.5 Å². The van der Waals surface area contributed by atoms with Crippen LogP contribution in [0.3, 0.4) is 0 Å². The van der Waals surface area contributed by atoms with Gasteiger partial charge in [0.15, 0.2) is 11.6 Å². The molecule has 1 heterocycles. The van der Waals surface area contributed by atoms with Crippen LogP contribution >= 0.6 is 0 Å². The first-order valence-electron chi connectivity index (χ1n) is 9.72. The lowest BCUT2D eigenvalue weighted by molar-refractivity contribution is -0.134. The molecule has 2 unspecified atom stereocenters. The Kier molecular flexibility index (Phi) is 6.62. The van der Waals surface area contributed by atoms with Crippen LogP contribution in [-0.2, 0) is 11.2 Å². The maximum absolute atomic E-state index is 13.7. The minimum absolute atomic E-state index is 0.0215. The molecule has 0 radical (unpaired) electrons. The lowest BCUT2D eigenvalue weighted by Gasteiger charge is -2.32. The van der Waals surface area contributed by atoms with Crippen LogP contribution in [0, 0.1) is 11.6 Å². The highest BCUT2D eigenvalue weighted by atomic mass is 19.1. The maximum atomic E-state index is 13.7. The van der Waals surface area contributed by atoms with Gasteiger partial charge in [-0.25, -0.2) is 8.78 Å². The second-order valence-electron chi connectivity index (χ2n) is 7.34. The summed E-state index contributed by atoms with van der Waals surface area (Å²) >= 11 is 0. The van der Waals surface area contributed by atoms with Crippen LogP contribution in [0.15, 0.2) is 42.5 Å².